The van der Waals surface area contributed by atoms with Crippen LogP contribution in [0.25, 0.3) is 0 Å². The molecule has 0 unspecified atom stereocenters. The van der Waals surface area contributed by atoms with E-state index in [-0.39, 0.29) is 41.6 Å². The topological polar surface area (TPSA) is 161 Å². The van der Waals surface area contributed by atoms with Crippen LogP contribution < -0.4 is 31.3 Å². The third-order valence-electron chi connectivity index (χ3n) is 8.49. The van der Waals surface area contributed by atoms with Crippen LogP contribution >= 0.6 is 11.6 Å². The van der Waals surface area contributed by atoms with Gasteiger partial charge in [0, 0.05) is 29.9 Å². The molecule has 0 radical (unpaired) electrons. The molecule has 1 aliphatic heterocycles. The second kappa shape index (κ2) is 11.3. The van der Waals surface area contributed by atoms with Crippen LogP contribution in [-0.2, 0) is 20.7 Å². The highest BCUT2D eigenvalue weighted by atomic mass is 35.5. The largest absolute Gasteiger partial charge is 0.494 e. The summed E-state index contributed by atoms with van der Waals surface area (Å²) in [6.45, 7) is 2.36. The van der Waals surface area contributed by atoms with Gasteiger partial charge in [-0.2, -0.15) is 4.98 Å². The molecule has 2 fully saturated rings. The van der Waals surface area contributed by atoms with Gasteiger partial charge in [-0.15, -0.1) is 0 Å². The van der Waals surface area contributed by atoms with E-state index in [1.807, 2.05) is 25.1 Å². The first kappa shape index (κ1) is 28.1. The van der Waals surface area contributed by atoms with Crippen molar-refractivity contribution in [2.24, 2.45) is 23.5 Å². The molecule has 0 spiro atoms. The number of nitrogens with two attached hydrogens (primary N) is 1. The zero-order chi connectivity index (χ0) is 29.5. The number of hydrogen-bond donors (Lipinski definition) is 4. The molecule has 6 rings (SSSR count). The highest BCUT2D eigenvalue weighted by Crippen LogP contribution is 2.44. The fourth-order valence-corrected chi connectivity index (χ4v) is 6.47. The van der Waals surface area contributed by atoms with E-state index in [9.17, 15) is 14.4 Å². The Morgan fingerprint density at radius 2 is 1.98 bits per heavy atom. The number of halogens is 1. The van der Waals surface area contributed by atoms with Gasteiger partial charge in [0.2, 0.25) is 17.8 Å². The van der Waals surface area contributed by atoms with E-state index in [1.54, 1.807) is 12.0 Å². The van der Waals surface area contributed by atoms with Gasteiger partial charge in [-0.1, -0.05) is 23.8 Å². The standard InChI is InChI=1S/C29H34ClN7O5/c1-3-37-21-11-10-19(24(41-2)17(21)8-9-20(27(37)39)33-26(38)14-4-5-14)34-29-32-13-18(30)25(36-29)35-22-15-6-7-16(12-15)23(22)42-28(31)40/h6-7,10-11,13-16,20,22-23H,3-5,8-9,12H2,1-2H3,(H2,31,40)(H,33,38)(H2,32,34,35,36)/t15-,16+,20-,22+,23-/m0/s1. The van der Waals surface area contributed by atoms with Crippen molar-refractivity contribution in [3.05, 3.63) is 41.1 Å². The van der Waals surface area contributed by atoms with Gasteiger partial charge in [0.1, 0.15) is 22.9 Å². The van der Waals surface area contributed by atoms with Gasteiger partial charge >= 0.3 is 6.09 Å². The number of nitrogens with zero attached hydrogens (tertiary/aromatic N) is 3. The van der Waals surface area contributed by atoms with Gasteiger partial charge < -0.3 is 36.1 Å². The van der Waals surface area contributed by atoms with Crippen molar-refractivity contribution in [3.8, 4) is 5.75 Å². The zero-order valence-electron chi connectivity index (χ0n) is 23.4. The van der Waals surface area contributed by atoms with Crippen LogP contribution in [0.4, 0.5) is 27.9 Å². The number of benzene rings is 1. The van der Waals surface area contributed by atoms with Gasteiger partial charge in [0.15, 0.2) is 5.82 Å². The normalized spacial score (nSPS) is 25.9. The molecule has 12 nitrogen and oxygen atoms in total. The molecule has 0 saturated heterocycles. The van der Waals surface area contributed by atoms with E-state index in [0.29, 0.717) is 41.7 Å². The number of ether oxygens (including phenoxy) is 2. The molecular formula is C29H34ClN7O5. The van der Waals surface area contributed by atoms with Crippen molar-refractivity contribution in [2.45, 2.75) is 57.2 Å². The van der Waals surface area contributed by atoms with Crippen molar-refractivity contribution < 1.29 is 23.9 Å². The second-order valence-electron chi connectivity index (χ2n) is 11.1. The molecule has 13 heteroatoms. The van der Waals surface area contributed by atoms with Crippen molar-refractivity contribution in [2.75, 3.05) is 29.2 Å². The number of nitrogens with one attached hydrogen (secondary N) is 3. The van der Waals surface area contributed by atoms with E-state index >= 15 is 0 Å². The van der Waals surface area contributed by atoms with E-state index < -0.39 is 18.2 Å². The predicted molar refractivity (Wildman–Crippen MR) is 157 cm³/mol. The van der Waals surface area contributed by atoms with E-state index in [4.69, 9.17) is 26.8 Å². The average molecular weight is 596 g/mol. The number of rotatable bonds is 9. The Bertz CT molecular complexity index is 1450. The summed E-state index contributed by atoms with van der Waals surface area (Å²) in [5, 5.41) is 9.86. The number of fused-ring (bicyclic) bond motifs is 3. The molecule has 1 aromatic heterocycles. The molecule has 4 aliphatic rings. The molecule has 2 aromatic rings. The van der Waals surface area contributed by atoms with Crippen molar-refractivity contribution in [1.29, 1.82) is 0 Å². The number of methoxy groups -OCH3 is 1. The third-order valence-corrected chi connectivity index (χ3v) is 8.77. The van der Waals surface area contributed by atoms with Crippen LogP contribution in [0, 0.1) is 17.8 Å². The Morgan fingerprint density at radius 3 is 2.69 bits per heavy atom. The molecular weight excluding hydrogens is 562 g/mol. The predicted octanol–water partition coefficient (Wildman–Crippen LogP) is 3.53. The van der Waals surface area contributed by atoms with Gasteiger partial charge in [-0.05, 0) is 51.2 Å². The Balaban J connectivity index is 1.24. The van der Waals surface area contributed by atoms with E-state index in [1.165, 1.54) is 6.20 Å². The summed E-state index contributed by atoms with van der Waals surface area (Å²) in [6, 6.07) is 2.86. The van der Waals surface area contributed by atoms with E-state index in [2.05, 4.69) is 32.0 Å². The highest BCUT2D eigenvalue weighted by Gasteiger charge is 2.47. The highest BCUT2D eigenvalue weighted by molar-refractivity contribution is 6.32. The number of carbonyl (C=O) groups excluding carboxylic acids is 3. The van der Waals surface area contributed by atoms with Gasteiger partial charge in [0.05, 0.1) is 30.7 Å². The lowest BCUT2D eigenvalue weighted by atomic mass is 9.98. The lowest BCUT2D eigenvalue weighted by Crippen LogP contribution is -2.48. The summed E-state index contributed by atoms with van der Waals surface area (Å²) in [5.74, 6) is 1.30. The number of hydrogen-bond acceptors (Lipinski definition) is 9. The maximum Gasteiger partial charge on any atom is 0.404 e. The number of likely N-dealkylation sites (N-methyl/N-ethyl adjacent to an activating group) is 1. The lowest BCUT2D eigenvalue weighted by Gasteiger charge is -2.28. The number of amides is 3. The first-order valence-corrected chi connectivity index (χ1v) is 14.7. The molecule has 5 atom stereocenters. The molecule has 3 amide bonds. The number of aromatic nitrogens is 2. The van der Waals surface area contributed by atoms with Crippen LogP contribution in [-0.4, -0.2) is 59.7 Å². The minimum absolute atomic E-state index is 0.0180. The Hall–Kier alpha value is -4.06. The SMILES string of the molecule is CCN1C(=O)[C@@H](NC(=O)C2CC2)CCc2c1ccc(Nc1ncc(Cl)c(N[C@H]3[C@@H](OC(N)=O)[C@@H]4C=C[C@H]3C4)n1)c2OC. The number of carbonyl (C=O) groups is 3. The molecule has 5 N–H and O–H groups in total. The summed E-state index contributed by atoms with van der Waals surface area (Å²) in [6.07, 6.45) is 7.97. The minimum atomic E-state index is -0.820. The maximum absolute atomic E-state index is 13.4. The summed E-state index contributed by atoms with van der Waals surface area (Å²) >= 11 is 6.47. The van der Waals surface area contributed by atoms with Crippen LogP contribution in [0.3, 0.4) is 0 Å². The smallest absolute Gasteiger partial charge is 0.404 e. The second-order valence-corrected chi connectivity index (χ2v) is 11.5. The molecule has 3 aliphatic carbocycles. The van der Waals surface area contributed by atoms with Crippen molar-refractivity contribution in [3.63, 3.8) is 0 Å². The monoisotopic (exact) mass is 595 g/mol. The summed E-state index contributed by atoms with van der Waals surface area (Å²) in [4.78, 5) is 48.1. The fraction of sp³-hybridized carbons (Fsp3) is 0.483. The number of primary amides is 1. The van der Waals surface area contributed by atoms with Crippen LogP contribution in [0.15, 0.2) is 30.5 Å². The van der Waals surface area contributed by atoms with Crippen molar-refractivity contribution in [1.82, 2.24) is 15.3 Å². The van der Waals surface area contributed by atoms with Gasteiger partial charge in [-0.3, -0.25) is 9.59 Å². The van der Waals surface area contributed by atoms with Crippen molar-refractivity contribution >= 4 is 52.6 Å². The number of anilines is 4. The molecule has 2 saturated carbocycles. The van der Waals surface area contributed by atoms with Gasteiger partial charge in [-0.25, -0.2) is 9.78 Å². The molecule has 222 valence electrons. The molecule has 2 bridgehead atoms. The first-order chi connectivity index (χ1) is 20.3. The minimum Gasteiger partial charge on any atom is -0.494 e. The van der Waals surface area contributed by atoms with Crippen LogP contribution in [0.1, 0.15) is 38.2 Å². The first-order valence-electron chi connectivity index (χ1n) is 14.3. The fourth-order valence-electron chi connectivity index (χ4n) is 6.33. The summed E-state index contributed by atoms with van der Waals surface area (Å²) < 4.78 is 11.3. The van der Waals surface area contributed by atoms with Gasteiger partial charge in [0.25, 0.3) is 0 Å². The van der Waals surface area contributed by atoms with Crippen LogP contribution in [0.2, 0.25) is 5.02 Å². The molecule has 2 heterocycles. The molecule has 42 heavy (non-hydrogen) atoms. The van der Waals surface area contributed by atoms with E-state index in [0.717, 1.165) is 30.5 Å². The maximum atomic E-state index is 13.4. The Labute approximate surface area is 248 Å². The Kier molecular flexibility index (Phi) is 7.56. The summed E-state index contributed by atoms with van der Waals surface area (Å²) in [5.41, 5.74) is 7.55. The Morgan fingerprint density at radius 1 is 1.19 bits per heavy atom. The molecule has 1 aromatic carbocycles. The lowest BCUT2D eigenvalue weighted by molar-refractivity contribution is -0.128. The third kappa shape index (κ3) is 5.31. The summed E-state index contributed by atoms with van der Waals surface area (Å²) in [7, 11) is 1.58. The van der Waals surface area contributed by atoms with Crippen LogP contribution in [0.5, 0.6) is 5.75 Å². The zero-order valence-corrected chi connectivity index (χ0v) is 24.2. The quantitative estimate of drug-likeness (QED) is 0.318. The average Bonchev–Trinajstić information content (AvgIpc) is 3.67.